The zero-order chi connectivity index (χ0) is 12.4. The zero-order valence-electron chi connectivity index (χ0n) is 9.58. The van der Waals surface area contributed by atoms with Gasteiger partial charge in [0.25, 0.3) is 0 Å². The number of amides is 1. The summed E-state index contributed by atoms with van der Waals surface area (Å²) in [5.41, 5.74) is 5.43. The van der Waals surface area contributed by atoms with Crippen molar-refractivity contribution in [2.24, 2.45) is 16.8 Å². The zero-order valence-corrected chi connectivity index (χ0v) is 9.58. The molecule has 1 amide bonds. The van der Waals surface area contributed by atoms with Crippen LogP contribution in [-0.2, 0) is 17.9 Å². The Hall–Kier alpha value is -2.05. The number of rotatable bonds is 2. The van der Waals surface area contributed by atoms with Gasteiger partial charge in [0.1, 0.15) is 5.82 Å². The summed E-state index contributed by atoms with van der Waals surface area (Å²) >= 11 is 0. The Labute approximate surface area is 98.5 Å². The van der Waals surface area contributed by atoms with Crippen LogP contribution in [0.4, 0.5) is 0 Å². The van der Waals surface area contributed by atoms with Crippen molar-refractivity contribution in [1.29, 1.82) is 0 Å². The van der Waals surface area contributed by atoms with Crippen LogP contribution in [0.25, 0.3) is 0 Å². The van der Waals surface area contributed by atoms with Crippen LogP contribution in [0.15, 0.2) is 17.5 Å². The fraction of sp³-hybridized carbons (Fsp3) is 0.500. The van der Waals surface area contributed by atoms with Crippen LogP contribution in [0, 0.1) is 5.92 Å². The molecule has 2 rings (SSSR count). The summed E-state index contributed by atoms with van der Waals surface area (Å²) < 4.78 is 2.01. The van der Waals surface area contributed by atoms with Crippen LogP contribution in [0.5, 0.6) is 0 Å². The van der Waals surface area contributed by atoms with E-state index in [0.29, 0.717) is 13.1 Å². The molecular weight excluding hydrogens is 222 g/mol. The van der Waals surface area contributed by atoms with Crippen LogP contribution in [0.1, 0.15) is 12.7 Å². The molecule has 1 aliphatic heterocycles. The molecule has 0 saturated heterocycles. The van der Waals surface area contributed by atoms with E-state index in [9.17, 15) is 4.79 Å². The van der Waals surface area contributed by atoms with Gasteiger partial charge in [0.15, 0.2) is 5.84 Å². The quantitative estimate of drug-likeness (QED) is 0.317. The van der Waals surface area contributed by atoms with E-state index in [-0.39, 0.29) is 11.7 Å². The number of amidine groups is 1. The first kappa shape index (κ1) is 11.4. The Morgan fingerprint density at radius 1 is 1.65 bits per heavy atom. The lowest BCUT2D eigenvalue weighted by atomic mass is 10.1. The van der Waals surface area contributed by atoms with Crippen molar-refractivity contribution in [3.63, 3.8) is 0 Å². The van der Waals surface area contributed by atoms with Gasteiger partial charge >= 0.3 is 0 Å². The minimum atomic E-state index is -0.610. The fourth-order valence-corrected chi connectivity index (χ4v) is 1.85. The molecule has 1 aliphatic rings. The number of imidazole rings is 1. The van der Waals surface area contributed by atoms with Gasteiger partial charge in [-0.05, 0) is 6.92 Å². The predicted molar refractivity (Wildman–Crippen MR) is 60.2 cm³/mol. The molecule has 1 unspecified atom stereocenters. The van der Waals surface area contributed by atoms with E-state index in [1.807, 2.05) is 10.8 Å². The van der Waals surface area contributed by atoms with Gasteiger partial charge in [-0.2, -0.15) is 0 Å². The highest BCUT2D eigenvalue weighted by Crippen LogP contribution is 2.13. The van der Waals surface area contributed by atoms with Crippen molar-refractivity contribution >= 4 is 11.7 Å². The van der Waals surface area contributed by atoms with E-state index in [0.717, 1.165) is 12.4 Å². The summed E-state index contributed by atoms with van der Waals surface area (Å²) in [5.74, 6) is 0.0382. The minimum Gasteiger partial charge on any atom is -0.409 e. The number of hydrogen-bond acceptors (Lipinski definition) is 4. The molecule has 0 fully saturated rings. The first-order chi connectivity index (χ1) is 8.13. The summed E-state index contributed by atoms with van der Waals surface area (Å²) in [7, 11) is 0. The van der Waals surface area contributed by atoms with Gasteiger partial charge in [0.05, 0.1) is 12.5 Å². The molecule has 0 bridgehead atoms. The number of carbonyl (C=O) groups is 1. The summed E-state index contributed by atoms with van der Waals surface area (Å²) in [4.78, 5) is 17.9. The van der Waals surface area contributed by atoms with Crippen molar-refractivity contribution in [2.75, 3.05) is 6.54 Å². The van der Waals surface area contributed by atoms with E-state index < -0.39 is 5.92 Å². The van der Waals surface area contributed by atoms with Crippen molar-refractivity contribution < 1.29 is 10.0 Å². The predicted octanol–water partition coefficient (Wildman–Crippen LogP) is -0.392. The monoisotopic (exact) mass is 237 g/mol. The smallest absolute Gasteiger partial charge is 0.233 e. The Morgan fingerprint density at radius 3 is 3.12 bits per heavy atom. The van der Waals surface area contributed by atoms with Crippen LogP contribution in [0.3, 0.4) is 0 Å². The number of nitrogens with two attached hydrogens (primary N) is 1. The van der Waals surface area contributed by atoms with Crippen molar-refractivity contribution in [1.82, 2.24) is 14.5 Å². The Kier molecular flexibility index (Phi) is 2.99. The second kappa shape index (κ2) is 4.44. The van der Waals surface area contributed by atoms with Crippen LogP contribution in [0.2, 0.25) is 0 Å². The molecular formula is C10H15N5O2. The average Bonchev–Trinajstić information content (AvgIpc) is 2.83. The molecule has 0 aliphatic carbocycles. The van der Waals surface area contributed by atoms with E-state index >= 15 is 0 Å². The van der Waals surface area contributed by atoms with Gasteiger partial charge in [-0.25, -0.2) is 4.98 Å². The van der Waals surface area contributed by atoms with E-state index in [1.54, 1.807) is 18.0 Å². The maximum Gasteiger partial charge on any atom is 0.233 e. The van der Waals surface area contributed by atoms with Crippen LogP contribution < -0.4 is 5.73 Å². The third kappa shape index (κ3) is 2.08. The van der Waals surface area contributed by atoms with Gasteiger partial charge in [0.2, 0.25) is 5.91 Å². The fourth-order valence-electron chi connectivity index (χ4n) is 1.85. The number of carbonyl (C=O) groups excluding carboxylic acids is 1. The largest absolute Gasteiger partial charge is 0.409 e. The number of nitrogens with zero attached hydrogens (tertiary/aromatic N) is 4. The molecule has 1 atom stereocenters. The lowest BCUT2D eigenvalue weighted by Crippen LogP contribution is -2.44. The molecule has 1 aromatic heterocycles. The molecule has 92 valence electrons. The topological polar surface area (TPSA) is 96.7 Å². The van der Waals surface area contributed by atoms with Gasteiger partial charge < -0.3 is 20.4 Å². The number of oxime groups is 1. The third-order valence-corrected chi connectivity index (χ3v) is 2.99. The minimum absolute atomic E-state index is 0.0658. The van der Waals surface area contributed by atoms with Crippen molar-refractivity contribution in [2.45, 2.75) is 20.0 Å². The second-order valence-corrected chi connectivity index (χ2v) is 4.04. The average molecular weight is 237 g/mol. The van der Waals surface area contributed by atoms with Gasteiger partial charge in [-0.15, -0.1) is 0 Å². The first-order valence-corrected chi connectivity index (χ1v) is 5.39. The summed E-state index contributed by atoms with van der Waals surface area (Å²) in [6.07, 6.45) is 3.61. The highest BCUT2D eigenvalue weighted by Gasteiger charge is 2.27. The standard InChI is InChI=1S/C10H15N5O2/c1-7(9(11)13-17)10(16)15-5-4-14-3-2-12-8(14)6-15/h2-3,7,17H,4-6H2,1H3,(H2,11,13). The highest BCUT2D eigenvalue weighted by atomic mass is 16.4. The normalized spacial score (nSPS) is 17.7. The van der Waals surface area contributed by atoms with Gasteiger partial charge in [0, 0.05) is 25.5 Å². The van der Waals surface area contributed by atoms with Gasteiger partial charge in [-0.1, -0.05) is 5.16 Å². The van der Waals surface area contributed by atoms with Crippen LogP contribution >= 0.6 is 0 Å². The third-order valence-electron chi connectivity index (χ3n) is 2.99. The summed E-state index contributed by atoms with van der Waals surface area (Å²) in [6.45, 7) is 3.43. The van der Waals surface area contributed by atoms with E-state index in [4.69, 9.17) is 10.9 Å². The molecule has 2 heterocycles. The maximum absolute atomic E-state index is 12.0. The molecule has 7 heteroatoms. The van der Waals surface area contributed by atoms with Crippen molar-refractivity contribution in [3.8, 4) is 0 Å². The first-order valence-electron chi connectivity index (χ1n) is 5.39. The second-order valence-electron chi connectivity index (χ2n) is 4.04. The molecule has 17 heavy (non-hydrogen) atoms. The SMILES string of the molecule is CC(C(=O)N1CCn2ccnc2C1)/C(N)=N/O. The maximum atomic E-state index is 12.0. The molecule has 0 aromatic carbocycles. The number of hydrogen-bond donors (Lipinski definition) is 2. The Morgan fingerprint density at radius 2 is 2.41 bits per heavy atom. The van der Waals surface area contributed by atoms with E-state index in [1.165, 1.54) is 0 Å². The highest BCUT2D eigenvalue weighted by molar-refractivity contribution is 6.01. The molecule has 0 radical (unpaired) electrons. The summed E-state index contributed by atoms with van der Waals surface area (Å²) in [6, 6.07) is 0. The molecule has 1 aromatic rings. The Bertz CT molecular complexity index is 453. The number of fused-ring (bicyclic) bond motifs is 1. The Balaban J connectivity index is 2.08. The summed E-state index contributed by atoms with van der Waals surface area (Å²) in [5, 5.41) is 11.4. The lowest BCUT2D eigenvalue weighted by molar-refractivity contribution is -0.134. The van der Waals surface area contributed by atoms with Crippen molar-refractivity contribution in [3.05, 3.63) is 18.2 Å². The molecule has 3 N–H and O–H groups in total. The number of aromatic nitrogens is 2. The molecule has 7 nitrogen and oxygen atoms in total. The van der Waals surface area contributed by atoms with Crippen LogP contribution in [-0.4, -0.2) is 37.9 Å². The molecule has 0 spiro atoms. The molecule has 0 saturated carbocycles. The lowest BCUT2D eigenvalue weighted by Gasteiger charge is -2.29. The van der Waals surface area contributed by atoms with E-state index in [2.05, 4.69) is 10.1 Å². The van der Waals surface area contributed by atoms with Gasteiger partial charge in [-0.3, -0.25) is 4.79 Å².